The Hall–Kier alpha value is -2.00. The number of methoxy groups -OCH3 is 1. The number of ether oxygens (including phenoxy) is 2. The van der Waals surface area contributed by atoms with Gasteiger partial charge in [-0.15, -0.1) is 0 Å². The van der Waals surface area contributed by atoms with Crippen LogP contribution < -0.4 is 0 Å². The number of carbonyl (C=O) groups is 3. The number of epoxide rings is 1. The van der Waals surface area contributed by atoms with Crippen LogP contribution in [0.15, 0.2) is 11.6 Å². The molecular weight excluding hydrogens is 466 g/mol. The monoisotopic (exact) mass is 507 g/mol. The van der Waals surface area contributed by atoms with Crippen LogP contribution in [0.1, 0.15) is 86.5 Å². The van der Waals surface area contributed by atoms with E-state index in [1.54, 1.807) is 0 Å². The van der Waals surface area contributed by atoms with Crippen LogP contribution in [0.4, 0.5) is 0 Å². The van der Waals surface area contributed by atoms with Gasteiger partial charge in [0.1, 0.15) is 0 Å². The van der Waals surface area contributed by atoms with Crippen LogP contribution in [0, 0.1) is 57.3 Å². The van der Waals surface area contributed by atoms with Gasteiger partial charge in [-0.25, -0.2) is 6.57 Å². The SMILES string of the molecule is [C-]#[N+][C@@]12O[C@@H]1[C@]1(C)C3=CC(=O)[C@@H]4[C@@H]5CC(C)(C)CC[C@]5(C(=O)OC)CC[C@@]4(C)[C@]3(C)CC[C@H]1[C@H](C)C2=O. The van der Waals surface area contributed by atoms with Gasteiger partial charge in [0.15, 0.2) is 11.9 Å². The van der Waals surface area contributed by atoms with E-state index in [9.17, 15) is 14.4 Å². The topological polar surface area (TPSA) is 77.3 Å². The fourth-order valence-corrected chi connectivity index (χ4v) is 10.6. The van der Waals surface area contributed by atoms with Crippen LogP contribution in [0.2, 0.25) is 0 Å². The zero-order valence-corrected chi connectivity index (χ0v) is 23.4. The Kier molecular flexibility index (Phi) is 4.88. The molecule has 6 rings (SSSR count). The third-order valence-electron chi connectivity index (χ3n) is 12.9. The zero-order chi connectivity index (χ0) is 27.0. The maximum atomic E-state index is 14.4. The Bertz CT molecular complexity index is 1200. The van der Waals surface area contributed by atoms with Crippen LogP contribution in [-0.2, 0) is 23.9 Å². The predicted octanol–water partition coefficient (Wildman–Crippen LogP) is 5.55. The normalized spacial score (nSPS) is 53.2. The maximum Gasteiger partial charge on any atom is 0.424 e. The average Bonchev–Trinajstić information content (AvgIpc) is 3.61. The van der Waals surface area contributed by atoms with Gasteiger partial charge in [0, 0.05) is 17.3 Å². The van der Waals surface area contributed by atoms with Gasteiger partial charge < -0.3 is 4.74 Å². The Balaban J connectivity index is 1.51. The van der Waals surface area contributed by atoms with Gasteiger partial charge in [0.05, 0.1) is 12.5 Å². The van der Waals surface area contributed by atoms with E-state index in [0.717, 1.165) is 50.5 Å². The average molecular weight is 508 g/mol. The number of hydrogen-bond acceptors (Lipinski definition) is 5. The van der Waals surface area contributed by atoms with E-state index in [2.05, 4.69) is 39.5 Å². The third-order valence-corrected chi connectivity index (χ3v) is 12.9. The summed E-state index contributed by atoms with van der Waals surface area (Å²) in [5.41, 5.74) is -1.96. The minimum absolute atomic E-state index is 0.0542. The lowest BCUT2D eigenvalue weighted by atomic mass is 9.34. The lowest BCUT2D eigenvalue weighted by Crippen LogP contribution is -2.66. The van der Waals surface area contributed by atoms with Crippen LogP contribution >= 0.6 is 0 Å². The van der Waals surface area contributed by atoms with E-state index in [-0.39, 0.29) is 57.5 Å². The van der Waals surface area contributed by atoms with Crippen molar-refractivity contribution in [2.75, 3.05) is 7.11 Å². The fourth-order valence-electron chi connectivity index (χ4n) is 10.6. The van der Waals surface area contributed by atoms with Gasteiger partial charge in [0.2, 0.25) is 0 Å². The van der Waals surface area contributed by atoms with E-state index in [1.165, 1.54) is 7.11 Å². The van der Waals surface area contributed by atoms with Gasteiger partial charge in [-0.1, -0.05) is 47.1 Å². The smallest absolute Gasteiger partial charge is 0.424 e. The number of Topliss-reactive ketones (excluding diaryl/α,β-unsaturated/α-hetero) is 1. The van der Waals surface area contributed by atoms with Crippen molar-refractivity contribution in [2.24, 2.45) is 50.7 Å². The summed E-state index contributed by atoms with van der Waals surface area (Å²) < 4.78 is 11.4. The van der Waals surface area contributed by atoms with Gasteiger partial charge in [0.25, 0.3) is 5.78 Å². The van der Waals surface area contributed by atoms with Crippen molar-refractivity contribution in [3.63, 3.8) is 0 Å². The van der Waals surface area contributed by atoms with Gasteiger partial charge >= 0.3 is 11.7 Å². The molecule has 0 amide bonds. The molecule has 37 heavy (non-hydrogen) atoms. The molecule has 5 aliphatic carbocycles. The van der Waals surface area contributed by atoms with E-state index in [0.29, 0.717) is 0 Å². The molecule has 1 heterocycles. The molecule has 0 N–H and O–H groups in total. The molecule has 200 valence electrons. The maximum absolute atomic E-state index is 14.4. The van der Waals surface area contributed by atoms with Gasteiger partial charge in [-0.2, -0.15) is 0 Å². The standard InChI is InChI=1S/C31H41NO5/c1-17-18-9-10-27(4)21(29(18,6)24-31(32-7,37-24)23(17)34)15-20(33)22-19-16-26(2,3)11-13-30(19,25(35)36-8)14-12-28(22,27)5/h15,17-19,22,24H,9-14,16H2,1-6,8H3/t17-,18-,19-,22-,24+,27+,28+,29-,30-,31-/m0/s1. The zero-order valence-electron chi connectivity index (χ0n) is 23.4. The molecule has 0 bridgehead atoms. The molecule has 0 spiro atoms. The molecule has 0 unspecified atom stereocenters. The summed E-state index contributed by atoms with van der Waals surface area (Å²) >= 11 is 0. The molecular formula is C31H41NO5. The Morgan fingerprint density at radius 1 is 1.05 bits per heavy atom. The third kappa shape index (κ3) is 2.68. The second kappa shape index (κ2) is 7.14. The van der Waals surface area contributed by atoms with Crippen molar-refractivity contribution in [3.05, 3.63) is 23.1 Å². The first-order chi connectivity index (χ1) is 17.2. The van der Waals surface area contributed by atoms with E-state index >= 15 is 0 Å². The quantitative estimate of drug-likeness (QED) is 0.264. The van der Waals surface area contributed by atoms with Gasteiger partial charge in [-0.3, -0.25) is 24.0 Å². The van der Waals surface area contributed by atoms with Crippen LogP contribution in [0.5, 0.6) is 0 Å². The number of nitrogens with zero attached hydrogens (tertiary/aromatic N) is 1. The highest BCUT2D eigenvalue weighted by Crippen LogP contribution is 2.76. The molecule has 0 aromatic rings. The largest absolute Gasteiger partial charge is 0.469 e. The summed E-state index contributed by atoms with van der Waals surface area (Å²) in [5.74, 6) is -0.640. The number of esters is 1. The summed E-state index contributed by atoms with van der Waals surface area (Å²) in [5, 5.41) is 0. The van der Waals surface area contributed by atoms with Crippen LogP contribution in [-0.4, -0.2) is 36.5 Å². The van der Waals surface area contributed by atoms with E-state index < -0.39 is 22.7 Å². The highest BCUT2D eigenvalue weighted by molar-refractivity contribution is 5.98. The summed E-state index contributed by atoms with van der Waals surface area (Å²) in [6.07, 6.45) is 7.28. The predicted molar refractivity (Wildman–Crippen MR) is 137 cm³/mol. The van der Waals surface area contributed by atoms with Crippen molar-refractivity contribution in [1.29, 1.82) is 0 Å². The molecule has 1 aliphatic heterocycles. The second-order valence-corrected chi connectivity index (χ2v) is 14.7. The molecule has 10 atom stereocenters. The Morgan fingerprint density at radius 3 is 2.38 bits per heavy atom. The Labute approximate surface area is 220 Å². The first-order valence-corrected chi connectivity index (χ1v) is 14.1. The van der Waals surface area contributed by atoms with Crippen molar-refractivity contribution in [3.8, 4) is 0 Å². The fraction of sp³-hybridized carbons (Fsp3) is 0.806. The number of carbonyl (C=O) groups excluding carboxylic acids is 3. The Morgan fingerprint density at radius 2 is 1.73 bits per heavy atom. The van der Waals surface area contributed by atoms with Crippen molar-refractivity contribution >= 4 is 17.5 Å². The molecule has 1 saturated heterocycles. The van der Waals surface area contributed by atoms with Crippen molar-refractivity contribution in [2.45, 2.75) is 98.3 Å². The van der Waals surface area contributed by atoms with Crippen molar-refractivity contribution in [1.82, 2.24) is 0 Å². The first-order valence-electron chi connectivity index (χ1n) is 14.1. The molecule has 6 nitrogen and oxygen atoms in total. The van der Waals surface area contributed by atoms with Crippen LogP contribution in [0.3, 0.4) is 0 Å². The van der Waals surface area contributed by atoms with E-state index in [1.807, 2.05) is 13.0 Å². The molecule has 4 saturated carbocycles. The lowest BCUT2D eigenvalue weighted by Gasteiger charge is -2.68. The van der Waals surface area contributed by atoms with Crippen molar-refractivity contribution < 1.29 is 23.9 Å². The highest BCUT2D eigenvalue weighted by Gasteiger charge is 2.85. The minimum Gasteiger partial charge on any atom is -0.469 e. The number of hydrogen-bond donors (Lipinski definition) is 0. The van der Waals surface area contributed by atoms with Crippen LogP contribution in [0.25, 0.3) is 4.85 Å². The summed E-state index contributed by atoms with van der Waals surface area (Å²) in [7, 11) is 1.48. The summed E-state index contributed by atoms with van der Waals surface area (Å²) in [6.45, 7) is 21.1. The lowest BCUT2D eigenvalue weighted by molar-refractivity contribution is -0.191. The molecule has 0 radical (unpaired) electrons. The number of fused-ring (bicyclic) bond motifs is 9. The summed E-state index contributed by atoms with van der Waals surface area (Å²) in [6, 6.07) is 0. The summed E-state index contributed by atoms with van der Waals surface area (Å²) in [4.78, 5) is 44.7. The first kappa shape index (κ1) is 25.3. The van der Waals surface area contributed by atoms with E-state index in [4.69, 9.17) is 16.0 Å². The molecule has 6 heteroatoms. The minimum atomic E-state index is -1.38. The molecule has 0 aromatic carbocycles. The molecule has 6 aliphatic rings. The highest BCUT2D eigenvalue weighted by atomic mass is 16.6. The molecule has 5 fully saturated rings. The van der Waals surface area contributed by atoms with Gasteiger partial charge in [-0.05, 0) is 79.1 Å². The second-order valence-electron chi connectivity index (χ2n) is 14.7. The number of rotatable bonds is 1. The number of allylic oxidation sites excluding steroid dienone is 1. The number of ketones is 2. The molecule has 0 aromatic heterocycles.